The third kappa shape index (κ3) is 2.55. The number of nitro groups is 3. The van der Waals surface area contributed by atoms with Crippen molar-refractivity contribution in [3.8, 4) is 0 Å². The number of aliphatic hydroxyl groups is 1. The number of anilines is 1. The molecule has 0 aliphatic heterocycles. The van der Waals surface area contributed by atoms with Crippen molar-refractivity contribution >= 4 is 5.95 Å². The lowest BCUT2D eigenvalue weighted by atomic mass is 10.4. The number of rotatable bonds is 8. The molecule has 20 heavy (non-hydrogen) atoms. The Labute approximate surface area is 108 Å². The van der Waals surface area contributed by atoms with Crippen LogP contribution < -0.4 is 5.32 Å². The van der Waals surface area contributed by atoms with Gasteiger partial charge >= 0.3 is 5.79 Å². The van der Waals surface area contributed by atoms with E-state index in [0.717, 1.165) is 4.68 Å². The number of hydrogen-bond acceptors (Lipinski definition) is 11. The Kier molecular flexibility index (Phi) is 4.36. The Morgan fingerprint density at radius 3 is 2.20 bits per heavy atom. The molecule has 1 aromatic heterocycles. The third-order valence-corrected chi connectivity index (χ3v) is 2.20. The Bertz CT molecular complexity index is 491. The van der Waals surface area contributed by atoms with Crippen LogP contribution in [0.15, 0.2) is 0 Å². The summed E-state index contributed by atoms with van der Waals surface area (Å²) < 4.78 is 0.935. The van der Waals surface area contributed by atoms with Gasteiger partial charge in [0.25, 0.3) is 0 Å². The molecule has 0 amide bonds. The van der Waals surface area contributed by atoms with Gasteiger partial charge in [-0.15, -0.1) is 0 Å². The van der Waals surface area contributed by atoms with Crippen LogP contribution in [0.1, 0.15) is 0 Å². The second-order valence-electron chi connectivity index (χ2n) is 3.35. The maximum absolute atomic E-state index is 10.7. The van der Waals surface area contributed by atoms with Crippen LogP contribution in [0.25, 0.3) is 0 Å². The number of hydrogen-bond donors (Lipinski definition) is 2. The van der Waals surface area contributed by atoms with E-state index in [1.807, 2.05) is 0 Å². The third-order valence-electron chi connectivity index (χ3n) is 2.20. The maximum Gasteiger partial charge on any atom is 0.717 e. The van der Waals surface area contributed by atoms with Crippen LogP contribution in [0.5, 0.6) is 0 Å². The molecule has 0 radical (unpaired) electrons. The van der Waals surface area contributed by atoms with Crippen LogP contribution in [-0.2, 0) is 6.54 Å². The van der Waals surface area contributed by atoms with Crippen LogP contribution in [-0.4, -0.2) is 59.0 Å². The smallest absolute Gasteiger partial charge is 0.394 e. The van der Waals surface area contributed by atoms with Gasteiger partial charge < -0.3 is 10.4 Å². The Morgan fingerprint density at radius 1 is 1.20 bits per heavy atom. The Balaban J connectivity index is 2.98. The molecule has 0 aliphatic carbocycles. The highest BCUT2D eigenvalue weighted by Gasteiger charge is 2.70. The van der Waals surface area contributed by atoms with Gasteiger partial charge in [0.05, 0.1) is 13.2 Å². The molecule has 0 fully saturated rings. The van der Waals surface area contributed by atoms with Gasteiger partial charge in [-0.2, -0.15) is 0 Å². The van der Waals surface area contributed by atoms with Crippen molar-refractivity contribution in [1.82, 2.24) is 20.2 Å². The van der Waals surface area contributed by atoms with E-state index >= 15 is 0 Å². The average Bonchev–Trinajstić information content (AvgIpc) is 2.76. The van der Waals surface area contributed by atoms with E-state index in [-0.39, 0.29) is 19.1 Å². The van der Waals surface area contributed by atoms with Crippen molar-refractivity contribution < 1.29 is 19.9 Å². The first-order valence-corrected chi connectivity index (χ1v) is 4.90. The lowest BCUT2D eigenvalue weighted by molar-refractivity contribution is -0.965. The molecule has 110 valence electrons. The lowest BCUT2D eigenvalue weighted by Gasteiger charge is -2.10. The van der Waals surface area contributed by atoms with Crippen molar-refractivity contribution in [2.75, 3.05) is 18.5 Å². The molecule has 15 nitrogen and oxygen atoms in total. The zero-order valence-electron chi connectivity index (χ0n) is 9.65. The predicted octanol–water partition coefficient (Wildman–Crippen LogP) is -2.44. The summed E-state index contributed by atoms with van der Waals surface area (Å²) in [5.41, 5.74) is 0. The average molecular weight is 292 g/mol. The molecule has 1 aromatic rings. The first-order chi connectivity index (χ1) is 9.36. The minimum absolute atomic E-state index is 0.0995. The molecule has 1 heterocycles. The second-order valence-corrected chi connectivity index (χ2v) is 3.35. The van der Waals surface area contributed by atoms with Crippen molar-refractivity contribution in [2.45, 2.75) is 12.3 Å². The first kappa shape index (κ1) is 15.1. The summed E-state index contributed by atoms with van der Waals surface area (Å²) in [6.07, 6.45) is 0. The van der Waals surface area contributed by atoms with Crippen molar-refractivity contribution in [1.29, 1.82) is 0 Å². The second kappa shape index (κ2) is 5.78. The number of nitrogens with zero attached hydrogens (tertiary/aromatic N) is 7. The number of nitrogens with one attached hydrogen (secondary N) is 1. The van der Waals surface area contributed by atoms with E-state index in [0.29, 0.717) is 0 Å². The van der Waals surface area contributed by atoms with Gasteiger partial charge in [-0.1, -0.05) is 5.10 Å². The molecule has 0 bridgehead atoms. The highest BCUT2D eigenvalue weighted by Crippen LogP contribution is 2.13. The summed E-state index contributed by atoms with van der Waals surface area (Å²) >= 11 is 0. The van der Waals surface area contributed by atoms with Crippen LogP contribution >= 0.6 is 0 Å². The summed E-state index contributed by atoms with van der Waals surface area (Å²) in [6, 6.07) is 0. The van der Waals surface area contributed by atoms with E-state index in [1.165, 1.54) is 0 Å². The van der Waals surface area contributed by atoms with Gasteiger partial charge in [-0.25, -0.2) is 4.68 Å². The topological polar surface area (TPSA) is 205 Å². The fourth-order valence-electron chi connectivity index (χ4n) is 1.17. The summed E-state index contributed by atoms with van der Waals surface area (Å²) in [6.45, 7) is -1.74. The summed E-state index contributed by atoms with van der Waals surface area (Å²) in [5.74, 6) is -3.94. The summed E-state index contributed by atoms with van der Waals surface area (Å²) in [7, 11) is 0. The zero-order valence-corrected chi connectivity index (χ0v) is 9.65. The SMILES string of the molecule is O=[N+]([O-])C(CNc1nnnn1CCO)([N+](=O)[O-])[N+](=O)[O-]. The minimum atomic E-state index is -3.66. The summed E-state index contributed by atoms with van der Waals surface area (Å²) in [4.78, 5) is 27.1. The Hall–Kier alpha value is -2.97. The summed E-state index contributed by atoms with van der Waals surface area (Å²) in [5, 5.41) is 52.6. The molecule has 15 heteroatoms. The van der Waals surface area contributed by atoms with E-state index < -0.39 is 27.1 Å². The zero-order chi connectivity index (χ0) is 15.3. The molecular formula is C5H8N8O7. The van der Waals surface area contributed by atoms with Gasteiger partial charge in [0.1, 0.15) is 0 Å². The Morgan fingerprint density at radius 2 is 1.75 bits per heavy atom. The molecular weight excluding hydrogens is 284 g/mol. The predicted molar refractivity (Wildman–Crippen MR) is 57.1 cm³/mol. The van der Waals surface area contributed by atoms with Crippen LogP contribution in [0, 0.1) is 30.3 Å². The molecule has 0 unspecified atom stereocenters. The van der Waals surface area contributed by atoms with Gasteiger partial charge in [0, 0.05) is 0 Å². The van der Waals surface area contributed by atoms with Gasteiger partial charge in [0.2, 0.25) is 12.5 Å². The van der Waals surface area contributed by atoms with E-state index in [1.54, 1.807) is 0 Å². The fourth-order valence-corrected chi connectivity index (χ4v) is 1.17. The number of aliphatic hydroxyl groups excluding tert-OH is 1. The molecule has 0 atom stereocenters. The standard InChI is InChI=1S/C5H8N8O7/c14-2-1-10-4(7-8-9-10)6-3-5(11(15)16,12(17)18)13(19)20/h14H,1-3H2,(H,6,7,9). The van der Waals surface area contributed by atoms with E-state index in [4.69, 9.17) is 5.11 Å². The van der Waals surface area contributed by atoms with Crippen LogP contribution in [0.3, 0.4) is 0 Å². The largest absolute Gasteiger partial charge is 0.717 e. The van der Waals surface area contributed by atoms with E-state index in [9.17, 15) is 30.3 Å². The van der Waals surface area contributed by atoms with Crippen LogP contribution in [0.4, 0.5) is 5.95 Å². The monoisotopic (exact) mass is 292 g/mol. The van der Waals surface area contributed by atoms with Crippen molar-refractivity contribution in [3.63, 3.8) is 0 Å². The van der Waals surface area contributed by atoms with Crippen molar-refractivity contribution in [3.05, 3.63) is 30.3 Å². The minimum Gasteiger partial charge on any atom is -0.394 e. The molecule has 0 aliphatic rings. The highest BCUT2D eigenvalue weighted by atomic mass is 16.7. The number of aromatic nitrogens is 4. The lowest BCUT2D eigenvalue weighted by Crippen LogP contribution is -2.58. The molecule has 0 saturated heterocycles. The quantitative estimate of drug-likeness (QED) is 0.292. The molecule has 0 aromatic carbocycles. The normalized spacial score (nSPS) is 11.1. The van der Waals surface area contributed by atoms with Gasteiger partial charge in [-0.3, -0.25) is 30.3 Å². The molecule has 2 N–H and O–H groups in total. The van der Waals surface area contributed by atoms with Crippen molar-refractivity contribution in [2.24, 2.45) is 0 Å². The van der Waals surface area contributed by atoms with E-state index in [2.05, 4.69) is 20.8 Å². The molecule has 1 rings (SSSR count). The molecule has 0 spiro atoms. The van der Waals surface area contributed by atoms with Gasteiger partial charge in [0.15, 0.2) is 14.8 Å². The molecule has 0 saturated carbocycles. The first-order valence-electron chi connectivity index (χ1n) is 4.90. The van der Waals surface area contributed by atoms with Gasteiger partial charge in [-0.05, 0) is 10.4 Å². The fraction of sp³-hybridized carbons (Fsp3) is 0.800. The highest BCUT2D eigenvalue weighted by molar-refractivity contribution is 5.21. The van der Waals surface area contributed by atoms with Crippen LogP contribution in [0.2, 0.25) is 0 Å². The number of tetrazole rings is 1. The maximum atomic E-state index is 10.7.